The molecule has 2 aliphatic carbocycles. The average Bonchev–Trinajstić information content (AvgIpc) is 2.96. The van der Waals surface area contributed by atoms with Crippen LogP contribution in [0, 0.1) is 5.92 Å². The normalized spacial score (nSPS) is 31.4. The molecule has 2 aliphatic rings. The van der Waals surface area contributed by atoms with Crippen LogP contribution in [0.4, 0.5) is 0 Å². The molecular formula is C18H31N3. The number of hydrogen-bond acceptors (Lipinski definition) is 2. The van der Waals surface area contributed by atoms with Gasteiger partial charge in [0.25, 0.3) is 0 Å². The van der Waals surface area contributed by atoms with Gasteiger partial charge in [-0.25, -0.2) is 0 Å². The first-order valence-electron chi connectivity index (χ1n) is 9.04. The van der Waals surface area contributed by atoms with E-state index in [2.05, 4.69) is 23.9 Å². The topological polar surface area (TPSA) is 43.8 Å². The van der Waals surface area contributed by atoms with E-state index in [9.17, 15) is 0 Å². The minimum Gasteiger partial charge on any atom is -0.324 e. The molecule has 3 rings (SSSR count). The van der Waals surface area contributed by atoms with Crippen LogP contribution in [-0.4, -0.2) is 15.3 Å². The maximum atomic E-state index is 6.78. The van der Waals surface area contributed by atoms with Gasteiger partial charge in [0, 0.05) is 18.2 Å². The van der Waals surface area contributed by atoms with E-state index in [4.69, 9.17) is 10.8 Å². The van der Waals surface area contributed by atoms with Crippen LogP contribution in [0.25, 0.3) is 0 Å². The van der Waals surface area contributed by atoms with Crippen LogP contribution in [0.15, 0.2) is 12.3 Å². The maximum Gasteiger partial charge on any atom is 0.0643 e. The molecule has 3 heteroatoms. The van der Waals surface area contributed by atoms with Crippen molar-refractivity contribution in [3.63, 3.8) is 0 Å². The lowest BCUT2D eigenvalue weighted by Gasteiger charge is -2.40. The van der Waals surface area contributed by atoms with Gasteiger partial charge in [0.2, 0.25) is 0 Å². The van der Waals surface area contributed by atoms with E-state index >= 15 is 0 Å². The number of rotatable bonds is 4. The summed E-state index contributed by atoms with van der Waals surface area (Å²) in [6, 6.07) is 2.85. The van der Waals surface area contributed by atoms with Gasteiger partial charge in [-0.15, -0.1) is 0 Å². The molecule has 1 aromatic heterocycles. The lowest BCUT2D eigenvalue weighted by atomic mass is 9.70. The molecule has 1 aromatic rings. The van der Waals surface area contributed by atoms with Gasteiger partial charge in [0.1, 0.15) is 0 Å². The second kappa shape index (κ2) is 6.51. The first-order valence-corrected chi connectivity index (χ1v) is 9.04. The van der Waals surface area contributed by atoms with Crippen molar-refractivity contribution < 1.29 is 0 Å². The summed E-state index contributed by atoms with van der Waals surface area (Å²) >= 11 is 0. The minimum atomic E-state index is -0.0151. The van der Waals surface area contributed by atoms with Crippen LogP contribution in [0.3, 0.4) is 0 Å². The Labute approximate surface area is 129 Å². The van der Waals surface area contributed by atoms with Crippen molar-refractivity contribution in [1.82, 2.24) is 9.78 Å². The SMILES string of the molecule is CCC1CCCCC1(N)Cc1ccn(C2CCCCC2)n1. The van der Waals surface area contributed by atoms with Crippen molar-refractivity contribution in [2.24, 2.45) is 11.7 Å². The van der Waals surface area contributed by atoms with E-state index in [0.717, 1.165) is 6.42 Å². The number of nitrogens with two attached hydrogens (primary N) is 1. The molecule has 0 saturated heterocycles. The van der Waals surface area contributed by atoms with Gasteiger partial charge in [-0.2, -0.15) is 5.10 Å². The van der Waals surface area contributed by atoms with E-state index in [1.807, 2.05) is 0 Å². The van der Waals surface area contributed by atoms with E-state index in [1.54, 1.807) is 0 Å². The maximum absolute atomic E-state index is 6.78. The summed E-state index contributed by atoms with van der Waals surface area (Å²) < 4.78 is 2.22. The molecule has 2 N–H and O–H groups in total. The summed E-state index contributed by atoms with van der Waals surface area (Å²) in [6.07, 6.45) is 16.2. The molecule has 2 saturated carbocycles. The Hall–Kier alpha value is -0.830. The second-order valence-electron chi connectivity index (χ2n) is 7.34. The molecule has 3 nitrogen and oxygen atoms in total. The Morgan fingerprint density at radius 1 is 1.19 bits per heavy atom. The smallest absolute Gasteiger partial charge is 0.0643 e. The Bertz CT molecular complexity index is 447. The molecule has 0 radical (unpaired) electrons. The van der Waals surface area contributed by atoms with Crippen LogP contribution >= 0.6 is 0 Å². The monoisotopic (exact) mass is 289 g/mol. The zero-order valence-electron chi connectivity index (χ0n) is 13.6. The fourth-order valence-corrected chi connectivity index (χ4v) is 4.54. The molecule has 2 atom stereocenters. The third-order valence-corrected chi connectivity index (χ3v) is 5.87. The van der Waals surface area contributed by atoms with Gasteiger partial charge in [0.15, 0.2) is 0 Å². The summed E-state index contributed by atoms with van der Waals surface area (Å²) in [4.78, 5) is 0. The third kappa shape index (κ3) is 3.33. The summed E-state index contributed by atoms with van der Waals surface area (Å²) in [5.74, 6) is 0.672. The largest absolute Gasteiger partial charge is 0.324 e. The van der Waals surface area contributed by atoms with Crippen molar-refractivity contribution in [1.29, 1.82) is 0 Å². The highest BCUT2D eigenvalue weighted by Crippen LogP contribution is 2.36. The Morgan fingerprint density at radius 2 is 1.95 bits per heavy atom. The van der Waals surface area contributed by atoms with Crippen molar-refractivity contribution >= 4 is 0 Å². The standard InChI is InChI=1S/C18H31N3/c1-2-15-8-6-7-12-18(15,19)14-16-11-13-21(20-16)17-9-4-3-5-10-17/h11,13,15,17H,2-10,12,14,19H2,1H3. The van der Waals surface area contributed by atoms with Crippen molar-refractivity contribution in [3.8, 4) is 0 Å². The van der Waals surface area contributed by atoms with Gasteiger partial charge in [0.05, 0.1) is 11.7 Å². The highest BCUT2D eigenvalue weighted by atomic mass is 15.3. The van der Waals surface area contributed by atoms with Crippen molar-refractivity contribution in [2.75, 3.05) is 0 Å². The summed E-state index contributed by atoms with van der Waals surface area (Å²) in [6.45, 7) is 2.29. The van der Waals surface area contributed by atoms with Crippen LogP contribution in [0.1, 0.15) is 82.9 Å². The van der Waals surface area contributed by atoms with Crippen LogP contribution in [-0.2, 0) is 6.42 Å². The molecule has 0 aromatic carbocycles. The Balaban J connectivity index is 1.68. The highest BCUT2D eigenvalue weighted by molar-refractivity contribution is 5.09. The molecule has 0 amide bonds. The number of hydrogen-bond donors (Lipinski definition) is 1. The molecule has 0 aliphatic heterocycles. The van der Waals surface area contributed by atoms with Crippen molar-refractivity contribution in [2.45, 2.75) is 89.1 Å². The summed E-state index contributed by atoms with van der Waals surface area (Å²) in [7, 11) is 0. The number of nitrogens with zero attached hydrogens (tertiary/aromatic N) is 2. The second-order valence-corrected chi connectivity index (χ2v) is 7.34. The quantitative estimate of drug-likeness (QED) is 0.901. The van der Waals surface area contributed by atoms with Crippen LogP contribution < -0.4 is 5.73 Å². The van der Waals surface area contributed by atoms with Crippen LogP contribution in [0.2, 0.25) is 0 Å². The van der Waals surface area contributed by atoms with Gasteiger partial charge in [-0.3, -0.25) is 4.68 Å². The number of aromatic nitrogens is 2. The molecule has 2 fully saturated rings. The fraction of sp³-hybridized carbons (Fsp3) is 0.833. The predicted molar refractivity (Wildman–Crippen MR) is 87.2 cm³/mol. The Kier molecular flexibility index (Phi) is 4.68. The predicted octanol–water partition coefficient (Wildman–Crippen LogP) is 4.23. The molecule has 2 unspecified atom stereocenters. The van der Waals surface area contributed by atoms with E-state index in [1.165, 1.54) is 69.9 Å². The lowest BCUT2D eigenvalue weighted by Crippen LogP contribution is -2.51. The van der Waals surface area contributed by atoms with Crippen molar-refractivity contribution in [3.05, 3.63) is 18.0 Å². The summed E-state index contributed by atoms with van der Waals surface area (Å²) in [5, 5.41) is 4.88. The minimum absolute atomic E-state index is 0.0151. The molecule has 118 valence electrons. The zero-order valence-corrected chi connectivity index (χ0v) is 13.6. The van der Waals surface area contributed by atoms with Crippen LogP contribution in [0.5, 0.6) is 0 Å². The molecule has 0 spiro atoms. The Morgan fingerprint density at radius 3 is 2.71 bits per heavy atom. The third-order valence-electron chi connectivity index (χ3n) is 5.87. The van der Waals surface area contributed by atoms with Gasteiger partial charge in [-0.05, 0) is 37.7 Å². The van der Waals surface area contributed by atoms with Gasteiger partial charge >= 0.3 is 0 Å². The molecular weight excluding hydrogens is 258 g/mol. The lowest BCUT2D eigenvalue weighted by molar-refractivity contribution is 0.180. The van der Waals surface area contributed by atoms with E-state index in [0.29, 0.717) is 12.0 Å². The fourth-order valence-electron chi connectivity index (χ4n) is 4.54. The average molecular weight is 289 g/mol. The first kappa shape index (κ1) is 15.1. The zero-order chi connectivity index (χ0) is 14.7. The molecule has 0 bridgehead atoms. The highest BCUT2D eigenvalue weighted by Gasteiger charge is 2.36. The van der Waals surface area contributed by atoms with Gasteiger partial charge in [-0.1, -0.05) is 45.4 Å². The van der Waals surface area contributed by atoms with Gasteiger partial charge < -0.3 is 5.73 Å². The first-order chi connectivity index (χ1) is 10.2. The van der Waals surface area contributed by atoms with E-state index < -0.39 is 0 Å². The molecule has 1 heterocycles. The molecule has 21 heavy (non-hydrogen) atoms. The van der Waals surface area contributed by atoms with E-state index in [-0.39, 0.29) is 5.54 Å². The summed E-state index contributed by atoms with van der Waals surface area (Å²) in [5.41, 5.74) is 7.98.